The van der Waals surface area contributed by atoms with Crippen LogP contribution in [0, 0.1) is 13.8 Å². The van der Waals surface area contributed by atoms with E-state index in [1.807, 2.05) is 24.6 Å². The van der Waals surface area contributed by atoms with E-state index < -0.39 is 0 Å². The van der Waals surface area contributed by atoms with Crippen LogP contribution < -0.4 is 4.57 Å². The van der Waals surface area contributed by atoms with Gasteiger partial charge in [0.2, 0.25) is 11.4 Å². The Morgan fingerprint density at radius 3 is 2.73 bits per heavy atom. The molecule has 0 unspecified atom stereocenters. The van der Waals surface area contributed by atoms with Gasteiger partial charge in [0.15, 0.2) is 11.8 Å². The van der Waals surface area contributed by atoms with Gasteiger partial charge >= 0.3 is 0 Å². The molecule has 4 nitrogen and oxygen atoms in total. The predicted octanol–water partition coefficient (Wildman–Crippen LogP) is 3.43. The molecule has 0 aliphatic rings. The lowest BCUT2D eigenvalue weighted by atomic mass is 10.0. The van der Waals surface area contributed by atoms with Crippen LogP contribution in [0.1, 0.15) is 11.4 Å². The highest BCUT2D eigenvalue weighted by molar-refractivity contribution is 6.07. The molecular weight excluding hydrogens is 274 g/mol. The quantitative estimate of drug-likeness (QED) is 0.504. The van der Waals surface area contributed by atoms with Crippen molar-refractivity contribution in [1.29, 1.82) is 0 Å². The highest BCUT2D eigenvalue weighted by atomic mass is 16.3. The first-order chi connectivity index (χ1) is 10.6. The number of benzene rings is 1. The summed E-state index contributed by atoms with van der Waals surface area (Å²) in [5, 5.41) is 1.07. The molecule has 0 N–H and O–H groups in total. The summed E-state index contributed by atoms with van der Waals surface area (Å²) < 4.78 is 10.3. The van der Waals surface area contributed by atoms with Crippen molar-refractivity contribution in [3.05, 3.63) is 47.9 Å². The molecule has 0 radical (unpaired) electrons. The number of imidazole rings is 1. The molecule has 0 bridgehead atoms. The standard InChI is InChI=1S/C18H18N3O/c1-11-8-9-13-16-18(21(4)12(2)19-16)22-17(13)15(11)14-7-5-6-10-20(14)3/h5-10H,1-4H3/q+1. The summed E-state index contributed by atoms with van der Waals surface area (Å²) in [7, 11) is 4.04. The van der Waals surface area contributed by atoms with E-state index in [1.165, 1.54) is 5.56 Å². The molecule has 3 heterocycles. The second-order valence-electron chi connectivity index (χ2n) is 5.80. The number of fused-ring (bicyclic) bond motifs is 3. The second-order valence-corrected chi connectivity index (χ2v) is 5.80. The number of pyridine rings is 1. The molecule has 0 aliphatic carbocycles. The molecule has 0 spiro atoms. The molecule has 0 saturated carbocycles. The number of hydrogen-bond donors (Lipinski definition) is 0. The van der Waals surface area contributed by atoms with Crippen molar-refractivity contribution in [2.75, 3.05) is 0 Å². The summed E-state index contributed by atoms with van der Waals surface area (Å²) in [6.07, 6.45) is 2.05. The van der Waals surface area contributed by atoms with Crippen molar-refractivity contribution in [3.8, 4) is 11.3 Å². The lowest BCUT2D eigenvalue weighted by molar-refractivity contribution is -0.660. The van der Waals surface area contributed by atoms with Gasteiger partial charge in [0.05, 0.1) is 5.56 Å². The molecule has 0 fully saturated rings. The molecular formula is C18H18N3O+. The van der Waals surface area contributed by atoms with Crippen LogP contribution in [0.15, 0.2) is 40.9 Å². The van der Waals surface area contributed by atoms with Crippen LogP contribution in [0.25, 0.3) is 33.5 Å². The lowest BCUT2D eigenvalue weighted by Crippen LogP contribution is -2.30. The largest absolute Gasteiger partial charge is 0.437 e. The fourth-order valence-corrected chi connectivity index (χ4v) is 3.05. The summed E-state index contributed by atoms with van der Waals surface area (Å²) in [6, 6.07) is 10.5. The summed E-state index contributed by atoms with van der Waals surface area (Å²) in [6.45, 7) is 4.11. The molecule has 1 aromatic carbocycles. The smallest absolute Gasteiger partial charge is 0.227 e. The van der Waals surface area contributed by atoms with Gasteiger partial charge in [0.25, 0.3) is 0 Å². The zero-order valence-electron chi connectivity index (χ0n) is 13.2. The SMILES string of the molecule is Cc1ccc2c(oc3c2nc(C)n3C)c1-c1cccc[n+]1C. The number of rotatable bonds is 1. The van der Waals surface area contributed by atoms with Gasteiger partial charge in [-0.3, -0.25) is 0 Å². The first-order valence-corrected chi connectivity index (χ1v) is 7.38. The van der Waals surface area contributed by atoms with Crippen LogP contribution in [0.4, 0.5) is 0 Å². The van der Waals surface area contributed by atoms with E-state index in [0.29, 0.717) is 0 Å². The molecule has 22 heavy (non-hydrogen) atoms. The van der Waals surface area contributed by atoms with E-state index in [-0.39, 0.29) is 0 Å². The average Bonchev–Trinajstić information content (AvgIpc) is 2.98. The topological polar surface area (TPSA) is 34.8 Å². The van der Waals surface area contributed by atoms with Crippen molar-refractivity contribution >= 4 is 22.2 Å². The Hall–Kier alpha value is -2.62. The second kappa shape index (κ2) is 4.44. The Morgan fingerprint density at radius 2 is 1.95 bits per heavy atom. The fraction of sp³-hybridized carbons (Fsp3) is 0.222. The summed E-state index contributed by atoms with van der Waals surface area (Å²) >= 11 is 0. The van der Waals surface area contributed by atoms with Crippen LogP contribution in [0.3, 0.4) is 0 Å². The zero-order valence-corrected chi connectivity index (χ0v) is 13.2. The van der Waals surface area contributed by atoms with E-state index in [1.54, 1.807) is 0 Å². The molecule has 3 aromatic heterocycles. The minimum atomic E-state index is 0.831. The van der Waals surface area contributed by atoms with Gasteiger partial charge in [0.1, 0.15) is 18.4 Å². The maximum absolute atomic E-state index is 6.21. The molecule has 110 valence electrons. The van der Waals surface area contributed by atoms with Crippen LogP contribution in [-0.4, -0.2) is 9.55 Å². The van der Waals surface area contributed by atoms with Crippen molar-refractivity contribution < 1.29 is 8.98 Å². The van der Waals surface area contributed by atoms with Crippen LogP contribution >= 0.6 is 0 Å². The predicted molar refractivity (Wildman–Crippen MR) is 86.6 cm³/mol. The summed E-state index contributed by atoms with van der Waals surface area (Å²) in [4.78, 5) is 4.65. The van der Waals surface area contributed by atoms with E-state index >= 15 is 0 Å². The number of furan rings is 1. The molecule has 4 heteroatoms. The first-order valence-electron chi connectivity index (χ1n) is 7.38. The van der Waals surface area contributed by atoms with Gasteiger partial charge < -0.3 is 8.98 Å². The maximum atomic E-state index is 6.21. The molecule has 0 atom stereocenters. The van der Waals surface area contributed by atoms with Crippen LogP contribution in [-0.2, 0) is 14.1 Å². The molecule has 0 aliphatic heterocycles. The Bertz CT molecular complexity index is 1020. The molecule has 4 rings (SSSR count). The summed E-state index contributed by atoms with van der Waals surface area (Å²) in [5.41, 5.74) is 6.16. The van der Waals surface area contributed by atoms with E-state index in [4.69, 9.17) is 4.42 Å². The number of aromatic nitrogens is 3. The minimum absolute atomic E-state index is 0.831. The normalized spacial score (nSPS) is 11.6. The Labute approximate surface area is 128 Å². The average molecular weight is 292 g/mol. The minimum Gasteiger partial charge on any atom is -0.437 e. The van der Waals surface area contributed by atoms with Gasteiger partial charge in [-0.05, 0) is 31.5 Å². The highest BCUT2D eigenvalue weighted by Crippen LogP contribution is 2.36. The van der Waals surface area contributed by atoms with E-state index in [0.717, 1.165) is 39.3 Å². The van der Waals surface area contributed by atoms with E-state index in [9.17, 15) is 0 Å². The molecule has 0 saturated heterocycles. The monoisotopic (exact) mass is 292 g/mol. The third-order valence-corrected chi connectivity index (χ3v) is 4.40. The number of nitrogens with zero attached hydrogens (tertiary/aromatic N) is 3. The number of hydrogen-bond acceptors (Lipinski definition) is 2. The van der Waals surface area contributed by atoms with Gasteiger partial charge in [-0.2, -0.15) is 0 Å². The Kier molecular flexibility index (Phi) is 2.64. The third kappa shape index (κ3) is 1.64. The van der Waals surface area contributed by atoms with Crippen molar-refractivity contribution in [2.45, 2.75) is 13.8 Å². The summed E-state index contributed by atoms with van der Waals surface area (Å²) in [5.74, 6) is 0.961. The first kappa shape index (κ1) is 13.1. The number of aryl methyl sites for hydroxylation is 4. The maximum Gasteiger partial charge on any atom is 0.227 e. The van der Waals surface area contributed by atoms with Crippen LogP contribution in [0.2, 0.25) is 0 Å². The van der Waals surface area contributed by atoms with Crippen molar-refractivity contribution in [1.82, 2.24) is 9.55 Å². The van der Waals surface area contributed by atoms with Crippen molar-refractivity contribution in [3.63, 3.8) is 0 Å². The Morgan fingerprint density at radius 1 is 1.14 bits per heavy atom. The third-order valence-electron chi connectivity index (χ3n) is 4.40. The molecule has 0 amide bonds. The van der Waals surface area contributed by atoms with Gasteiger partial charge in [-0.1, -0.05) is 6.07 Å². The fourth-order valence-electron chi connectivity index (χ4n) is 3.05. The Balaban J connectivity index is 2.16. The van der Waals surface area contributed by atoms with Gasteiger partial charge in [-0.15, -0.1) is 0 Å². The molecule has 4 aromatic rings. The van der Waals surface area contributed by atoms with Gasteiger partial charge in [0, 0.05) is 24.6 Å². The highest BCUT2D eigenvalue weighted by Gasteiger charge is 2.22. The van der Waals surface area contributed by atoms with Crippen LogP contribution in [0.5, 0.6) is 0 Å². The van der Waals surface area contributed by atoms with Gasteiger partial charge in [-0.25, -0.2) is 9.55 Å². The zero-order chi connectivity index (χ0) is 15.4. The van der Waals surface area contributed by atoms with E-state index in [2.05, 4.69) is 54.0 Å². The lowest BCUT2D eigenvalue weighted by Gasteiger charge is -2.05. The van der Waals surface area contributed by atoms with Crippen molar-refractivity contribution in [2.24, 2.45) is 14.1 Å².